The van der Waals surface area contributed by atoms with Gasteiger partial charge in [-0.05, 0) is 61.5 Å². The zero-order chi connectivity index (χ0) is 22.0. The predicted octanol–water partition coefficient (Wildman–Crippen LogP) is 4.77. The Morgan fingerprint density at radius 2 is 1.71 bits per heavy atom. The fourth-order valence-corrected chi connectivity index (χ4v) is 3.36. The predicted molar refractivity (Wildman–Crippen MR) is 118 cm³/mol. The van der Waals surface area contributed by atoms with Crippen LogP contribution < -0.4 is 15.0 Å². The van der Waals surface area contributed by atoms with Crippen molar-refractivity contribution in [3.63, 3.8) is 0 Å². The Balaban J connectivity index is 1.62. The fourth-order valence-electron chi connectivity index (χ4n) is 3.09. The summed E-state index contributed by atoms with van der Waals surface area (Å²) >= 11 is 3.38. The third-order valence-corrected chi connectivity index (χ3v) is 5.08. The average molecular weight is 481 g/mol. The molecule has 1 aliphatic rings. The van der Waals surface area contributed by atoms with E-state index in [4.69, 9.17) is 9.15 Å². The van der Waals surface area contributed by atoms with E-state index in [9.17, 15) is 14.4 Å². The van der Waals surface area contributed by atoms with Crippen LogP contribution in [0, 0.1) is 0 Å². The summed E-state index contributed by atoms with van der Waals surface area (Å²) in [5.74, 6) is -0.00262. The highest BCUT2D eigenvalue weighted by Gasteiger charge is 2.37. The highest BCUT2D eigenvalue weighted by Crippen LogP contribution is 2.27. The van der Waals surface area contributed by atoms with Crippen LogP contribution in [0.3, 0.4) is 0 Å². The summed E-state index contributed by atoms with van der Waals surface area (Å²) in [6, 6.07) is 16.6. The number of anilines is 1. The summed E-state index contributed by atoms with van der Waals surface area (Å²) in [4.78, 5) is 38.5. The van der Waals surface area contributed by atoms with Crippen molar-refractivity contribution in [1.82, 2.24) is 5.32 Å². The molecular weight excluding hydrogens is 464 g/mol. The van der Waals surface area contributed by atoms with Gasteiger partial charge in [-0.2, -0.15) is 0 Å². The molecule has 2 heterocycles. The summed E-state index contributed by atoms with van der Waals surface area (Å²) in [6.07, 6.45) is 1.33. The average Bonchev–Trinajstić information content (AvgIpc) is 3.22. The van der Waals surface area contributed by atoms with Crippen molar-refractivity contribution in [2.45, 2.75) is 6.92 Å². The van der Waals surface area contributed by atoms with Crippen molar-refractivity contribution in [3.8, 4) is 17.1 Å². The number of barbiturate groups is 1. The maximum absolute atomic E-state index is 13.0. The number of benzene rings is 2. The summed E-state index contributed by atoms with van der Waals surface area (Å²) in [6.45, 7) is 2.35. The van der Waals surface area contributed by atoms with Crippen molar-refractivity contribution in [3.05, 3.63) is 76.5 Å². The summed E-state index contributed by atoms with van der Waals surface area (Å²) in [5, 5.41) is 2.19. The number of hydrogen-bond acceptors (Lipinski definition) is 5. The molecule has 0 saturated carbocycles. The molecule has 2 aromatic carbocycles. The lowest BCUT2D eigenvalue weighted by Crippen LogP contribution is -2.54. The SMILES string of the molecule is CCOc1ccc(N2C(=O)NC(=O)/C(=C/c3ccc(-c4ccc(Br)cc4)o3)C2=O)cc1. The first-order chi connectivity index (χ1) is 15.0. The van der Waals surface area contributed by atoms with Crippen LogP contribution >= 0.6 is 15.9 Å². The number of nitrogens with zero attached hydrogens (tertiary/aromatic N) is 1. The molecule has 3 aromatic rings. The van der Waals surface area contributed by atoms with Crippen molar-refractivity contribution >= 4 is 45.5 Å². The third-order valence-electron chi connectivity index (χ3n) is 4.55. The Morgan fingerprint density at radius 3 is 2.39 bits per heavy atom. The van der Waals surface area contributed by atoms with Gasteiger partial charge < -0.3 is 9.15 Å². The number of imide groups is 2. The van der Waals surface area contributed by atoms with Gasteiger partial charge in [0.15, 0.2) is 0 Å². The van der Waals surface area contributed by atoms with Crippen LogP contribution in [0.2, 0.25) is 0 Å². The Bertz CT molecular complexity index is 1180. The van der Waals surface area contributed by atoms with Crippen LogP contribution in [0.1, 0.15) is 12.7 Å². The zero-order valence-corrected chi connectivity index (χ0v) is 18.0. The molecule has 0 unspecified atom stereocenters. The van der Waals surface area contributed by atoms with Crippen LogP contribution in [0.4, 0.5) is 10.5 Å². The lowest BCUT2D eigenvalue weighted by atomic mass is 10.1. The first-order valence-corrected chi connectivity index (χ1v) is 10.3. The Kier molecular flexibility index (Phi) is 5.73. The van der Waals surface area contributed by atoms with Gasteiger partial charge in [0.1, 0.15) is 22.8 Å². The van der Waals surface area contributed by atoms with Gasteiger partial charge in [-0.15, -0.1) is 0 Å². The van der Waals surface area contributed by atoms with E-state index in [1.807, 2.05) is 31.2 Å². The maximum atomic E-state index is 13.0. The maximum Gasteiger partial charge on any atom is 0.335 e. The molecule has 1 aromatic heterocycles. The number of halogens is 1. The van der Waals surface area contributed by atoms with E-state index in [1.54, 1.807) is 36.4 Å². The van der Waals surface area contributed by atoms with Gasteiger partial charge in [-0.1, -0.05) is 28.1 Å². The molecule has 1 N–H and O–H groups in total. The summed E-state index contributed by atoms with van der Waals surface area (Å²) in [7, 11) is 0. The summed E-state index contributed by atoms with van der Waals surface area (Å²) in [5.41, 5.74) is 0.961. The van der Waals surface area contributed by atoms with Gasteiger partial charge >= 0.3 is 6.03 Å². The first-order valence-electron chi connectivity index (χ1n) is 9.46. The van der Waals surface area contributed by atoms with Gasteiger partial charge in [-0.3, -0.25) is 14.9 Å². The minimum Gasteiger partial charge on any atom is -0.494 e. The van der Waals surface area contributed by atoms with Crippen LogP contribution in [0.25, 0.3) is 17.4 Å². The highest BCUT2D eigenvalue weighted by atomic mass is 79.9. The largest absolute Gasteiger partial charge is 0.494 e. The Hall–Kier alpha value is -3.65. The second-order valence-electron chi connectivity index (χ2n) is 6.59. The molecule has 1 aliphatic heterocycles. The molecule has 156 valence electrons. The molecule has 0 atom stereocenters. The third kappa shape index (κ3) is 4.29. The van der Waals surface area contributed by atoms with Crippen molar-refractivity contribution in [2.75, 3.05) is 11.5 Å². The molecular formula is C23H17BrN2O5. The van der Waals surface area contributed by atoms with Gasteiger partial charge in [0.05, 0.1) is 12.3 Å². The molecule has 0 aliphatic carbocycles. The number of carbonyl (C=O) groups is 3. The number of rotatable bonds is 5. The number of carbonyl (C=O) groups excluding carboxylic acids is 3. The minimum absolute atomic E-state index is 0.204. The summed E-state index contributed by atoms with van der Waals surface area (Å²) < 4.78 is 12.1. The standard InChI is InChI=1S/C23H17BrN2O5/c1-2-30-17-9-7-16(8-10-17)26-22(28)19(21(27)25-23(26)29)13-18-11-12-20(31-18)14-3-5-15(24)6-4-14/h3-13H,2H2,1H3,(H,25,27,29)/b19-13-. The number of urea groups is 1. The Morgan fingerprint density at radius 1 is 1.00 bits per heavy atom. The van der Waals surface area contributed by atoms with Crippen LogP contribution in [0.15, 0.2) is 75.1 Å². The van der Waals surface area contributed by atoms with Crippen molar-refractivity contribution in [2.24, 2.45) is 0 Å². The van der Waals surface area contributed by atoms with Gasteiger partial charge in [-0.25, -0.2) is 9.69 Å². The molecule has 8 heteroatoms. The number of hydrogen-bond donors (Lipinski definition) is 1. The molecule has 4 amide bonds. The van der Waals surface area contributed by atoms with Crippen LogP contribution in [0.5, 0.6) is 5.75 Å². The topological polar surface area (TPSA) is 88.8 Å². The van der Waals surface area contributed by atoms with E-state index in [1.165, 1.54) is 6.08 Å². The highest BCUT2D eigenvalue weighted by molar-refractivity contribution is 9.10. The van der Waals surface area contributed by atoms with E-state index in [-0.39, 0.29) is 5.57 Å². The van der Waals surface area contributed by atoms with Gasteiger partial charge in [0, 0.05) is 10.0 Å². The van der Waals surface area contributed by atoms with E-state index in [0.29, 0.717) is 29.6 Å². The monoisotopic (exact) mass is 480 g/mol. The quantitative estimate of drug-likeness (QED) is 0.419. The molecule has 0 radical (unpaired) electrons. The van der Waals surface area contributed by atoms with Gasteiger partial charge in [0.2, 0.25) is 0 Å². The lowest BCUT2D eigenvalue weighted by molar-refractivity contribution is -0.122. The second-order valence-corrected chi connectivity index (χ2v) is 7.51. The molecule has 1 fully saturated rings. The molecule has 7 nitrogen and oxygen atoms in total. The fraction of sp³-hybridized carbons (Fsp3) is 0.0870. The molecule has 31 heavy (non-hydrogen) atoms. The smallest absolute Gasteiger partial charge is 0.335 e. The van der Waals surface area contributed by atoms with E-state index in [0.717, 1.165) is 14.9 Å². The van der Waals surface area contributed by atoms with Crippen molar-refractivity contribution in [1.29, 1.82) is 0 Å². The van der Waals surface area contributed by atoms with Crippen molar-refractivity contribution < 1.29 is 23.5 Å². The molecule has 0 bridgehead atoms. The van der Waals surface area contributed by atoms with E-state index >= 15 is 0 Å². The van der Waals surface area contributed by atoms with E-state index < -0.39 is 17.8 Å². The minimum atomic E-state index is -0.814. The number of ether oxygens (including phenoxy) is 1. The zero-order valence-electron chi connectivity index (χ0n) is 16.4. The second kappa shape index (κ2) is 8.61. The first kappa shape index (κ1) is 20.6. The van der Waals surface area contributed by atoms with Gasteiger partial charge in [0.25, 0.3) is 11.8 Å². The number of nitrogens with one attached hydrogen (secondary N) is 1. The van der Waals surface area contributed by atoms with Crippen LogP contribution in [-0.2, 0) is 9.59 Å². The Labute approximate surface area is 186 Å². The molecule has 4 rings (SSSR count). The molecule has 0 spiro atoms. The van der Waals surface area contributed by atoms with E-state index in [2.05, 4.69) is 21.2 Å². The number of amides is 4. The number of furan rings is 1. The van der Waals surface area contributed by atoms with Crippen LogP contribution in [-0.4, -0.2) is 24.5 Å². The normalized spacial score (nSPS) is 15.4. The molecule has 1 saturated heterocycles. The lowest BCUT2D eigenvalue weighted by Gasteiger charge is -2.26.